The van der Waals surface area contributed by atoms with Crippen LogP contribution in [0.4, 0.5) is 0 Å². The molecule has 2 atom stereocenters. The molecule has 0 aliphatic heterocycles. The van der Waals surface area contributed by atoms with E-state index in [2.05, 4.69) is 0 Å². The van der Waals surface area contributed by atoms with E-state index >= 15 is 0 Å². The first-order valence-corrected chi connectivity index (χ1v) is 6.37. The molecule has 1 saturated carbocycles. The Hall–Kier alpha value is -1.10. The van der Waals surface area contributed by atoms with Crippen LogP contribution >= 0.6 is 0 Å². The van der Waals surface area contributed by atoms with Gasteiger partial charge in [0.1, 0.15) is 0 Å². The van der Waals surface area contributed by atoms with Gasteiger partial charge in [0.25, 0.3) is 0 Å². The van der Waals surface area contributed by atoms with Crippen molar-refractivity contribution in [2.75, 3.05) is 13.2 Å². The Morgan fingerprint density at radius 3 is 1.94 bits per heavy atom. The van der Waals surface area contributed by atoms with Gasteiger partial charge in [-0.3, -0.25) is 9.59 Å². The Labute approximate surface area is 107 Å². The minimum atomic E-state index is -1.35. The number of rotatable bonds is 4. The van der Waals surface area contributed by atoms with E-state index in [4.69, 9.17) is 9.47 Å². The van der Waals surface area contributed by atoms with Gasteiger partial charge in [-0.1, -0.05) is 6.92 Å². The molecule has 0 bridgehead atoms. The van der Waals surface area contributed by atoms with Crippen LogP contribution in [0.15, 0.2) is 0 Å². The van der Waals surface area contributed by atoms with Gasteiger partial charge < -0.3 is 14.6 Å². The number of esters is 2. The van der Waals surface area contributed by atoms with Crippen LogP contribution in [-0.4, -0.2) is 35.9 Å². The van der Waals surface area contributed by atoms with Gasteiger partial charge in [0.2, 0.25) is 0 Å². The van der Waals surface area contributed by atoms with E-state index in [1.807, 2.05) is 6.92 Å². The highest BCUT2D eigenvalue weighted by Gasteiger charge is 2.60. The number of ether oxygens (including phenoxy) is 2. The lowest BCUT2D eigenvalue weighted by Crippen LogP contribution is -2.41. The first kappa shape index (κ1) is 15.0. The molecule has 18 heavy (non-hydrogen) atoms. The van der Waals surface area contributed by atoms with Gasteiger partial charge in [0, 0.05) is 6.42 Å². The number of hydrogen-bond donors (Lipinski definition) is 1. The lowest BCUT2D eigenvalue weighted by molar-refractivity contribution is -0.173. The molecular formula is C13H22O5. The molecule has 104 valence electrons. The quantitative estimate of drug-likeness (QED) is 0.607. The average Bonchev–Trinajstić information content (AvgIpc) is 2.52. The second-order valence-corrected chi connectivity index (χ2v) is 5.16. The zero-order valence-electron chi connectivity index (χ0n) is 11.5. The van der Waals surface area contributed by atoms with E-state index in [9.17, 15) is 14.7 Å². The predicted molar refractivity (Wildman–Crippen MR) is 64.7 cm³/mol. The molecule has 0 heterocycles. The first-order chi connectivity index (χ1) is 8.30. The van der Waals surface area contributed by atoms with E-state index in [1.165, 1.54) is 0 Å². The molecule has 0 radical (unpaired) electrons. The summed E-state index contributed by atoms with van der Waals surface area (Å²) < 4.78 is 9.97. The number of aliphatic hydroxyl groups is 1. The fraction of sp³-hybridized carbons (Fsp3) is 0.846. The Bertz CT molecular complexity index is 316. The van der Waals surface area contributed by atoms with Crippen LogP contribution in [0.1, 0.15) is 40.5 Å². The first-order valence-electron chi connectivity index (χ1n) is 6.37. The van der Waals surface area contributed by atoms with Crippen molar-refractivity contribution in [2.45, 2.75) is 46.1 Å². The third kappa shape index (κ3) is 2.51. The van der Waals surface area contributed by atoms with E-state index < -0.39 is 23.0 Å². The van der Waals surface area contributed by atoms with Crippen LogP contribution in [0.25, 0.3) is 0 Å². The summed E-state index contributed by atoms with van der Waals surface area (Å²) in [4.78, 5) is 24.2. The van der Waals surface area contributed by atoms with Crippen LogP contribution < -0.4 is 0 Å². The van der Waals surface area contributed by atoms with E-state index in [0.29, 0.717) is 0 Å². The molecule has 1 N–H and O–H groups in total. The maximum atomic E-state index is 12.1. The Morgan fingerprint density at radius 2 is 1.67 bits per heavy atom. The van der Waals surface area contributed by atoms with Crippen molar-refractivity contribution in [3.63, 3.8) is 0 Å². The average molecular weight is 258 g/mol. The number of carbonyl (C=O) groups is 2. The summed E-state index contributed by atoms with van der Waals surface area (Å²) in [5.74, 6) is -1.34. The van der Waals surface area contributed by atoms with Crippen molar-refractivity contribution in [1.82, 2.24) is 0 Å². The van der Waals surface area contributed by atoms with Gasteiger partial charge in [-0.2, -0.15) is 0 Å². The van der Waals surface area contributed by atoms with Crippen molar-refractivity contribution in [3.05, 3.63) is 0 Å². The molecule has 1 rings (SSSR count). The number of carbonyl (C=O) groups excluding carboxylic acids is 2. The topological polar surface area (TPSA) is 72.8 Å². The number of hydrogen-bond acceptors (Lipinski definition) is 5. The summed E-state index contributed by atoms with van der Waals surface area (Å²) in [6, 6.07) is 0. The normalized spacial score (nSPS) is 29.9. The summed E-state index contributed by atoms with van der Waals surface area (Å²) in [6.45, 7) is 7.24. The molecule has 0 aromatic heterocycles. The molecule has 0 amide bonds. The molecule has 1 aliphatic carbocycles. The summed E-state index contributed by atoms with van der Waals surface area (Å²) in [7, 11) is 0. The highest BCUT2D eigenvalue weighted by Crippen LogP contribution is 2.49. The second-order valence-electron chi connectivity index (χ2n) is 5.16. The molecule has 5 nitrogen and oxygen atoms in total. The molecule has 0 aromatic carbocycles. The summed E-state index contributed by atoms with van der Waals surface area (Å²) in [5.41, 5.74) is -2.41. The maximum Gasteiger partial charge on any atom is 0.323 e. The van der Waals surface area contributed by atoms with E-state index in [-0.39, 0.29) is 32.0 Å². The highest BCUT2D eigenvalue weighted by atomic mass is 16.6. The molecule has 1 fully saturated rings. The minimum absolute atomic E-state index is 0.0544. The second kappa shape index (κ2) is 5.26. The summed E-state index contributed by atoms with van der Waals surface area (Å²) in [6.07, 6.45) is 0.316. The van der Waals surface area contributed by atoms with Gasteiger partial charge >= 0.3 is 11.9 Å². The third-order valence-electron chi connectivity index (χ3n) is 3.71. The zero-order valence-corrected chi connectivity index (χ0v) is 11.5. The van der Waals surface area contributed by atoms with E-state index in [0.717, 1.165) is 0 Å². The zero-order chi connectivity index (χ0) is 14.0. The van der Waals surface area contributed by atoms with Crippen molar-refractivity contribution >= 4 is 11.9 Å². The van der Waals surface area contributed by atoms with E-state index in [1.54, 1.807) is 20.8 Å². The maximum absolute atomic E-state index is 12.1. The van der Waals surface area contributed by atoms with Gasteiger partial charge in [-0.25, -0.2) is 0 Å². The van der Waals surface area contributed by atoms with Crippen LogP contribution in [0, 0.1) is 11.3 Å². The van der Waals surface area contributed by atoms with Crippen LogP contribution in [0.3, 0.4) is 0 Å². The molecule has 0 saturated heterocycles. The Morgan fingerprint density at radius 1 is 1.22 bits per heavy atom. The van der Waals surface area contributed by atoms with Gasteiger partial charge in [0.15, 0.2) is 5.41 Å². The third-order valence-corrected chi connectivity index (χ3v) is 3.71. The Balaban J connectivity index is 3.05. The van der Waals surface area contributed by atoms with Crippen molar-refractivity contribution in [1.29, 1.82) is 0 Å². The fourth-order valence-electron chi connectivity index (χ4n) is 2.53. The summed E-state index contributed by atoms with van der Waals surface area (Å²) >= 11 is 0. The van der Waals surface area contributed by atoms with Crippen LogP contribution in [0.2, 0.25) is 0 Å². The SMILES string of the molecule is CCOC(=O)C1(C(=O)OCC)C[C@@H](C)[C@](C)(O)C1. The minimum Gasteiger partial charge on any atom is -0.465 e. The fourth-order valence-corrected chi connectivity index (χ4v) is 2.53. The van der Waals surface area contributed by atoms with Crippen molar-refractivity contribution in [2.24, 2.45) is 11.3 Å². The van der Waals surface area contributed by atoms with Crippen molar-refractivity contribution in [3.8, 4) is 0 Å². The van der Waals surface area contributed by atoms with Gasteiger partial charge in [-0.05, 0) is 33.1 Å². The summed E-state index contributed by atoms with van der Waals surface area (Å²) in [5, 5.41) is 10.2. The van der Waals surface area contributed by atoms with Crippen LogP contribution in [0.5, 0.6) is 0 Å². The molecular weight excluding hydrogens is 236 g/mol. The molecule has 5 heteroatoms. The molecule has 0 unspecified atom stereocenters. The Kier molecular flexibility index (Phi) is 4.37. The largest absolute Gasteiger partial charge is 0.465 e. The molecule has 0 aromatic rings. The molecule has 0 spiro atoms. The lowest BCUT2D eigenvalue weighted by Gasteiger charge is -2.25. The predicted octanol–water partition coefficient (Wildman–Crippen LogP) is 1.28. The monoisotopic (exact) mass is 258 g/mol. The highest BCUT2D eigenvalue weighted by molar-refractivity contribution is 6.00. The smallest absolute Gasteiger partial charge is 0.323 e. The van der Waals surface area contributed by atoms with Crippen LogP contribution in [-0.2, 0) is 19.1 Å². The standard InChI is InChI=1S/C13H22O5/c1-5-17-10(14)13(11(15)18-6-2)7-9(3)12(4,16)8-13/h9,16H,5-8H2,1-4H3/t9-,12-/m1/s1. The van der Waals surface area contributed by atoms with Gasteiger partial charge in [-0.15, -0.1) is 0 Å². The van der Waals surface area contributed by atoms with Gasteiger partial charge in [0.05, 0.1) is 18.8 Å². The van der Waals surface area contributed by atoms with Crippen molar-refractivity contribution < 1.29 is 24.2 Å². The lowest BCUT2D eigenvalue weighted by atomic mass is 9.84. The molecule has 1 aliphatic rings.